The molecule has 3 aromatic carbocycles. The second kappa shape index (κ2) is 9.09. The van der Waals surface area contributed by atoms with Crippen molar-refractivity contribution in [2.75, 3.05) is 4.90 Å². The van der Waals surface area contributed by atoms with Gasteiger partial charge in [0, 0.05) is 16.7 Å². The van der Waals surface area contributed by atoms with E-state index in [4.69, 9.17) is 5.14 Å². The molecule has 1 atom stereocenters. The predicted octanol–water partition coefficient (Wildman–Crippen LogP) is 5.52. The number of halogens is 3. The van der Waals surface area contributed by atoms with Crippen molar-refractivity contribution in [3.05, 3.63) is 114 Å². The van der Waals surface area contributed by atoms with Gasteiger partial charge in [-0.1, -0.05) is 54.6 Å². The Balaban J connectivity index is 1.44. The quantitative estimate of drug-likeness (QED) is 0.348. The maximum atomic E-state index is 13.6. The van der Waals surface area contributed by atoms with E-state index in [1.54, 1.807) is 72.8 Å². The van der Waals surface area contributed by atoms with Crippen LogP contribution in [0.2, 0.25) is 0 Å². The second-order valence-corrected chi connectivity index (χ2v) is 9.09. The molecule has 0 radical (unpaired) electrons. The average molecular weight is 508 g/mol. The molecule has 36 heavy (non-hydrogen) atoms. The van der Waals surface area contributed by atoms with Gasteiger partial charge in [0.15, 0.2) is 5.60 Å². The van der Waals surface area contributed by atoms with Crippen molar-refractivity contribution in [2.45, 2.75) is 23.2 Å². The van der Waals surface area contributed by atoms with E-state index in [0.717, 1.165) is 34.7 Å². The zero-order chi connectivity index (χ0) is 25.5. The van der Waals surface area contributed by atoms with Crippen molar-refractivity contribution < 1.29 is 23.1 Å². The molecule has 3 N–H and O–H groups in total. The van der Waals surface area contributed by atoms with E-state index < -0.39 is 23.4 Å². The highest BCUT2D eigenvalue weighted by Crippen LogP contribution is 2.45. The molecule has 5 rings (SSSR count). The maximum absolute atomic E-state index is 13.6. The van der Waals surface area contributed by atoms with Crippen LogP contribution in [-0.4, -0.2) is 16.0 Å². The highest BCUT2D eigenvalue weighted by Gasteiger charge is 2.50. The van der Waals surface area contributed by atoms with E-state index in [-0.39, 0.29) is 6.54 Å². The molecule has 1 aromatic heterocycles. The Morgan fingerprint density at radius 2 is 1.64 bits per heavy atom. The average Bonchev–Trinajstić information content (AvgIpc) is 3.11. The molecule has 0 fully saturated rings. The first-order valence-corrected chi connectivity index (χ1v) is 11.8. The van der Waals surface area contributed by atoms with Gasteiger partial charge in [0.1, 0.15) is 5.69 Å². The number of aliphatic hydroxyl groups is 1. The summed E-state index contributed by atoms with van der Waals surface area (Å²) in [6.45, 7) is 0.180. The molecule has 0 saturated carbocycles. The van der Waals surface area contributed by atoms with Crippen LogP contribution in [0.25, 0.3) is 11.1 Å². The van der Waals surface area contributed by atoms with Gasteiger partial charge in [-0.25, -0.2) is 0 Å². The van der Waals surface area contributed by atoms with Crippen molar-refractivity contribution in [1.29, 1.82) is 0 Å². The van der Waals surface area contributed by atoms with Crippen molar-refractivity contribution >= 4 is 23.5 Å². The van der Waals surface area contributed by atoms with Crippen LogP contribution in [0, 0.1) is 0 Å². The van der Waals surface area contributed by atoms with Crippen LogP contribution < -0.4 is 10.0 Å². The SMILES string of the molecule is NSc1ccc(C2(O)C(=O)N(Cc3ccc(-c4ccnc(C(F)(F)F)c4)cc3)c3ccccc32)cc1. The van der Waals surface area contributed by atoms with Gasteiger partial charge >= 0.3 is 6.18 Å². The highest BCUT2D eigenvalue weighted by molar-refractivity contribution is 7.97. The topological polar surface area (TPSA) is 79.5 Å². The lowest BCUT2D eigenvalue weighted by Gasteiger charge is -2.24. The fourth-order valence-electron chi connectivity index (χ4n) is 4.40. The number of aromatic nitrogens is 1. The van der Waals surface area contributed by atoms with Crippen molar-refractivity contribution in [2.24, 2.45) is 5.14 Å². The Kier molecular flexibility index (Phi) is 6.07. The van der Waals surface area contributed by atoms with Crippen LogP contribution in [-0.2, 0) is 23.1 Å². The summed E-state index contributed by atoms with van der Waals surface area (Å²) < 4.78 is 39.1. The summed E-state index contributed by atoms with van der Waals surface area (Å²) in [5.74, 6) is -0.482. The lowest BCUT2D eigenvalue weighted by Crippen LogP contribution is -2.40. The molecule has 0 bridgehead atoms. The number of alkyl halides is 3. The summed E-state index contributed by atoms with van der Waals surface area (Å²) in [6, 6.07) is 23.4. The fourth-order valence-corrected chi connectivity index (χ4v) is 4.69. The van der Waals surface area contributed by atoms with Crippen LogP contribution in [0.4, 0.5) is 18.9 Å². The number of benzene rings is 3. The Morgan fingerprint density at radius 1 is 0.944 bits per heavy atom. The minimum atomic E-state index is -4.53. The normalized spacial score (nSPS) is 17.4. The molecule has 182 valence electrons. The Morgan fingerprint density at radius 3 is 2.31 bits per heavy atom. The van der Waals surface area contributed by atoms with Gasteiger partial charge in [-0.2, -0.15) is 13.2 Å². The van der Waals surface area contributed by atoms with Gasteiger partial charge in [0.05, 0.1) is 12.2 Å². The largest absolute Gasteiger partial charge is 0.433 e. The summed E-state index contributed by atoms with van der Waals surface area (Å²) in [4.78, 5) is 19.3. The van der Waals surface area contributed by atoms with Gasteiger partial charge in [0.25, 0.3) is 5.91 Å². The second-order valence-electron chi connectivity index (χ2n) is 8.39. The van der Waals surface area contributed by atoms with Crippen LogP contribution >= 0.6 is 11.9 Å². The number of hydrogen-bond acceptors (Lipinski definition) is 5. The molecule has 0 saturated heterocycles. The van der Waals surface area contributed by atoms with Gasteiger partial charge in [-0.05, 0) is 64.5 Å². The minimum absolute atomic E-state index is 0.180. The molecule has 1 aliphatic heterocycles. The first-order valence-electron chi connectivity index (χ1n) is 11.0. The van der Waals surface area contributed by atoms with Crippen molar-refractivity contribution in [1.82, 2.24) is 4.98 Å². The molecule has 5 nitrogen and oxygen atoms in total. The maximum Gasteiger partial charge on any atom is 0.433 e. The summed E-state index contributed by atoms with van der Waals surface area (Å²) in [7, 11) is 0. The first kappa shape index (κ1) is 24.1. The molecule has 2 heterocycles. The van der Waals surface area contributed by atoms with E-state index in [1.807, 2.05) is 0 Å². The number of anilines is 1. The number of nitrogens with zero attached hydrogens (tertiary/aromatic N) is 2. The summed E-state index contributed by atoms with van der Waals surface area (Å²) in [6.07, 6.45) is -3.40. The van der Waals surface area contributed by atoms with Crippen molar-refractivity contribution in [3.8, 4) is 11.1 Å². The smallest absolute Gasteiger partial charge is 0.372 e. The molecule has 4 aromatic rings. The number of rotatable bonds is 5. The molecule has 1 unspecified atom stereocenters. The van der Waals surface area contributed by atoms with Gasteiger partial charge in [-0.15, -0.1) is 0 Å². The molecule has 1 aliphatic rings. The Bertz CT molecular complexity index is 1430. The van der Waals surface area contributed by atoms with Crippen LogP contribution in [0.15, 0.2) is 96.0 Å². The zero-order valence-electron chi connectivity index (χ0n) is 18.7. The number of pyridine rings is 1. The minimum Gasteiger partial charge on any atom is -0.372 e. The fraction of sp³-hybridized carbons (Fsp3) is 0.111. The van der Waals surface area contributed by atoms with Gasteiger partial charge in [0.2, 0.25) is 0 Å². The molecule has 0 spiro atoms. The monoisotopic (exact) mass is 507 g/mol. The van der Waals surface area contributed by atoms with E-state index in [2.05, 4.69) is 4.98 Å². The molecule has 1 amide bonds. The zero-order valence-corrected chi connectivity index (χ0v) is 19.6. The molecule has 9 heteroatoms. The number of nitrogens with two attached hydrogens (primary N) is 1. The van der Waals surface area contributed by atoms with Crippen LogP contribution in [0.5, 0.6) is 0 Å². The number of carbonyl (C=O) groups is 1. The van der Waals surface area contributed by atoms with E-state index >= 15 is 0 Å². The third kappa shape index (κ3) is 4.15. The molecular weight excluding hydrogens is 487 g/mol. The first-order chi connectivity index (χ1) is 17.2. The summed E-state index contributed by atoms with van der Waals surface area (Å²) in [5, 5.41) is 17.3. The summed E-state index contributed by atoms with van der Waals surface area (Å²) >= 11 is 1.07. The standard InChI is InChI=1S/C27H20F3N3O2S/c28-27(29,30)24-15-19(13-14-32-24)18-7-5-17(6-8-18)16-33-23-4-2-1-3-22(23)26(35,25(33)34)20-9-11-21(36-31)12-10-20/h1-15,35H,16,31H2. The van der Waals surface area contributed by atoms with Crippen LogP contribution in [0.1, 0.15) is 22.4 Å². The van der Waals surface area contributed by atoms with Gasteiger partial charge in [-0.3, -0.25) is 14.9 Å². The molecule has 0 aliphatic carbocycles. The lowest BCUT2D eigenvalue weighted by atomic mass is 9.87. The third-order valence-electron chi connectivity index (χ3n) is 6.23. The number of amides is 1. The van der Waals surface area contributed by atoms with Crippen LogP contribution in [0.3, 0.4) is 0 Å². The van der Waals surface area contributed by atoms with E-state index in [1.165, 1.54) is 11.0 Å². The lowest BCUT2D eigenvalue weighted by molar-refractivity contribution is -0.141. The van der Waals surface area contributed by atoms with Crippen molar-refractivity contribution in [3.63, 3.8) is 0 Å². The van der Waals surface area contributed by atoms with E-state index in [0.29, 0.717) is 27.9 Å². The molecular formula is C27H20F3N3O2S. The van der Waals surface area contributed by atoms with E-state index in [9.17, 15) is 23.1 Å². The predicted molar refractivity (Wildman–Crippen MR) is 132 cm³/mol. The van der Waals surface area contributed by atoms with Gasteiger partial charge < -0.3 is 10.0 Å². The summed E-state index contributed by atoms with van der Waals surface area (Å²) in [5.41, 5.74) is 0.445. The highest BCUT2D eigenvalue weighted by atomic mass is 32.2. The number of carbonyl (C=O) groups excluding carboxylic acids is 1. The Hall–Kier alpha value is -3.66. The number of para-hydroxylation sites is 1. The third-order valence-corrected chi connectivity index (χ3v) is 6.77. The number of hydrogen-bond donors (Lipinski definition) is 2. The number of fused-ring (bicyclic) bond motifs is 1. The Labute approximate surface area is 209 Å².